The third-order valence-electron chi connectivity index (χ3n) is 3.12. The molecule has 0 fully saturated rings. The van der Waals surface area contributed by atoms with Crippen molar-refractivity contribution in [1.29, 1.82) is 0 Å². The number of hydrogen-bond donors (Lipinski definition) is 3. The molecule has 0 saturated carbocycles. The van der Waals surface area contributed by atoms with E-state index in [1.807, 2.05) is 13.8 Å². The van der Waals surface area contributed by atoms with Crippen LogP contribution >= 0.6 is 0 Å². The lowest BCUT2D eigenvalue weighted by atomic mass is 9.98. The molecule has 1 aliphatic carbocycles. The highest BCUT2D eigenvalue weighted by Gasteiger charge is 2.04. The maximum absolute atomic E-state index is 10.3. The molecule has 0 bridgehead atoms. The minimum atomic E-state index is -0.988. The maximum atomic E-state index is 10.3. The second-order valence-corrected chi connectivity index (χ2v) is 4.71. The number of nitrogens with two attached hydrogens (primary N) is 1. The van der Waals surface area contributed by atoms with E-state index in [1.165, 1.54) is 30.0 Å². The number of aliphatic hydroxyl groups is 1. The van der Waals surface area contributed by atoms with Crippen molar-refractivity contribution in [3.05, 3.63) is 84.1 Å². The third-order valence-corrected chi connectivity index (χ3v) is 3.12. The first kappa shape index (κ1) is 22.0. The van der Waals surface area contributed by atoms with Crippen LogP contribution in [0.4, 0.5) is 5.69 Å². The molecule has 4 N–H and O–H groups in total. The molecule has 0 amide bonds. The molecule has 0 heterocycles. The third kappa shape index (κ3) is 8.42. The molecule has 0 aromatic heterocycles. The molecule has 0 atom stereocenters. The first-order valence-electron chi connectivity index (χ1n) is 8.17. The van der Waals surface area contributed by atoms with E-state index in [2.05, 4.69) is 43.0 Å². The fourth-order valence-corrected chi connectivity index (χ4v) is 2.07. The van der Waals surface area contributed by atoms with Crippen LogP contribution in [0.3, 0.4) is 0 Å². The van der Waals surface area contributed by atoms with Gasteiger partial charge < -0.3 is 15.9 Å². The maximum Gasteiger partial charge on any atom is 0.337 e. The van der Waals surface area contributed by atoms with Crippen LogP contribution in [0.2, 0.25) is 0 Å². The van der Waals surface area contributed by atoms with Crippen LogP contribution < -0.4 is 5.73 Å². The van der Waals surface area contributed by atoms with Crippen LogP contribution in [0.5, 0.6) is 0 Å². The predicted molar refractivity (Wildman–Crippen MR) is 106 cm³/mol. The summed E-state index contributed by atoms with van der Waals surface area (Å²) in [5.74, 6) is -0.988. The number of aromatic carboxylic acids is 1. The molecule has 0 radical (unpaired) electrons. The van der Waals surface area contributed by atoms with E-state index in [0.29, 0.717) is 5.69 Å². The number of fused-ring (bicyclic) bond motifs is 1. The number of carboxylic acid groups (broad SMARTS) is 1. The molecule has 4 nitrogen and oxygen atoms in total. The number of rotatable bonds is 1. The number of aliphatic hydroxyl groups excluding tert-OH is 1. The molecule has 4 heteroatoms. The van der Waals surface area contributed by atoms with Gasteiger partial charge in [0.1, 0.15) is 0 Å². The van der Waals surface area contributed by atoms with Gasteiger partial charge in [0, 0.05) is 5.69 Å². The molecule has 0 aliphatic heterocycles. The number of carboxylic acids is 1. The highest BCUT2D eigenvalue weighted by atomic mass is 16.4. The summed E-state index contributed by atoms with van der Waals surface area (Å²) in [7, 11) is 0. The lowest BCUT2D eigenvalue weighted by Gasteiger charge is -2.07. The van der Waals surface area contributed by atoms with E-state index < -0.39 is 5.97 Å². The van der Waals surface area contributed by atoms with Crippen LogP contribution in [0.15, 0.2) is 67.4 Å². The zero-order chi connectivity index (χ0) is 19.1. The van der Waals surface area contributed by atoms with Crippen molar-refractivity contribution in [3.63, 3.8) is 0 Å². The Morgan fingerprint density at radius 2 is 1.68 bits per heavy atom. The number of hydrogen-bond acceptors (Lipinski definition) is 3. The number of carbonyl (C=O) groups is 1. The minimum Gasteiger partial charge on any atom is -0.516 e. The van der Waals surface area contributed by atoms with Gasteiger partial charge in [-0.05, 0) is 36.1 Å². The summed E-state index contributed by atoms with van der Waals surface area (Å²) in [6.07, 6.45) is 7.62. The Balaban J connectivity index is 0.000000368. The minimum absolute atomic E-state index is 0.155. The quantitative estimate of drug-likeness (QED) is 0.484. The number of allylic oxidation sites excluding steroid dienone is 1. The summed E-state index contributed by atoms with van der Waals surface area (Å²) in [4.78, 5) is 10.3. The molecule has 2 aromatic rings. The van der Waals surface area contributed by atoms with Crippen LogP contribution in [-0.4, -0.2) is 16.2 Å². The van der Waals surface area contributed by atoms with Crippen LogP contribution in [0.25, 0.3) is 6.08 Å². The summed E-state index contributed by atoms with van der Waals surface area (Å²) < 4.78 is 0. The fraction of sp³-hybridized carbons (Fsp3) is 0.190. The van der Waals surface area contributed by atoms with E-state index in [9.17, 15) is 4.79 Å². The van der Waals surface area contributed by atoms with Crippen molar-refractivity contribution in [3.8, 4) is 0 Å². The smallest absolute Gasteiger partial charge is 0.337 e. The van der Waals surface area contributed by atoms with Gasteiger partial charge in [-0.1, -0.05) is 69.0 Å². The number of para-hydroxylation sites is 1. The number of benzene rings is 2. The standard InChI is InChI=1S/C10H10.C7H7NO2.C2H4O.C2H6/c1-2-6-10-8-4-3-7-9(10)5-1;8-6-4-2-1-3-5(6)7(9)10;1-2-3;1-2/h1-3,5-7H,4,8H2;1-4H,8H2,(H,9,10);2-3H,1H2;1-2H3. The second-order valence-electron chi connectivity index (χ2n) is 4.71. The zero-order valence-corrected chi connectivity index (χ0v) is 14.9. The van der Waals surface area contributed by atoms with E-state index in [0.717, 1.165) is 6.26 Å². The number of aryl methyl sites for hydroxylation is 1. The van der Waals surface area contributed by atoms with Crippen molar-refractivity contribution in [2.75, 3.05) is 5.73 Å². The van der Waals surface area contributed by atoms with E-state index in [4.69, 9.17) is 15.9 Å². The Hall–Kier alpha value is -3.01. The molecular weight excluding hydrogens is 314 g/mol. The Kier molecular flexibility index (Phi) is 11.8. The summed E-state index contributed by atoms with van der Waals surface area (Å²) in [5, 5.41) is 15.8. The van der Waals surface area contributed by atoms with Crippen LogP contribution in [0, 0.1) is 0 Å². The molecule has 1 aliphatic rings. The lowest BCUT2D eigenvalue weighted by molar-refractivity contribution is 0.0698. The molecule has 0 unspecified atom stereocenters. The van der Waals surface area contributed by atoms with Crippen LogP contribution in [-0.2, 0) is 6.42 Å². The zero-order valence-electron chi connectivity index (χ0n) is 14.9. The van der Waals surface area contributed by atoms with Crippen LogP contribution in [0.1, 0.15) is 41.8 Å². The SMILES string of the molecule is C1=Cc2ccccc2CC1.C=CO.CC.Nc1ccccc1C(=O)O. The summed E-state index contributed by atoms with van der Waals surface area (Å²) in [6.45, 7) is 6.92. The highest BCUT2D eigenvalue weighted by molar-refractivity contribution is 5.93. The van der Waals surface area contributed by atoms with Gasteiger partial charge in [-0.25, -0.2) is 4.79 Å². The lowest BCUT2D eigenvalue weighted by Crippen LogP contribution is -2.00. The molecule has 3 rings (SSSR count). The second kappa shape index (κ2) is 13.4. The van der Waals surface area contributed by atoms with Crippen molar-refractivity contribution in [2.45, 2.75) is 26.7 Å². The van der Waals surface area contributed by atoms with Gasteiger partial charge in [-0.15, -0.1) is 0 Å². The average Bonchev–Trinajstić information content (AvgIpc) is 2.65. The largest absolute Gasteiger partial charge is 0.516 e. The summed E-state index contributed by atoms with van der Waals surface area (Å²) >= 11 is 0. The molecular formula is C21H27NO3. The van der Waals surface area contributed by atoms with Crippen molar-refractivity contribution in [2.24, 2.45) is 0 Å². The average molecular weight is 341 g/mol. The Morgan fingerprint density at radius 3 is 2.20 bits per heavy atom. The predicted octanol–water partition coefficient (Wildman–Crippen LogP) is 5.33. The van der Waals surface area contributed by atoms with E-state index >= 15 is 0 Å². The van der Waals surface area contributed by atoms with E-state index in [1.54, 1.807) is 18.2 Å². The van der Waals surface area contributed by atoms with Gasteiger partial charge >= 0.3 is 5.97 Å². The molecule has 0 spiro atoms. The monoisotopic (exact) mass is 341 g/mol. The van der Waals surface area contributed by atoms with Gasteiger partial charge in [0.15, 0.2) is 0 Å². The molecule has 2 aromatic carbocycles. The van der Waals surface area contributed by atoms with Crippen molar-refractivity contribution in [1.82, 2.24) is 0 Å². The van der Waals surface area contributed by atoms with Crippen molar-refractivity contribution < 1.29 is 15.0 Å². The molecule has 0 saturated heterocycles. The van der Waals surface area contributed by atoms with Gasteiger partial charge in [0.25, 0.3) is 0 Å². The molecule has 134 valence electrons. The first-order chi connectivity index (χ1) is 12.1. The van der Waals surface area contributed by atoms with Gasteiger partial charge in [0.2, 0.25) is 0 Å². The summed E-state index contributed by atoms with van der Waals surface area (Å²) in [5.41, 5.74) is 8.68. The topological polar surface area (TPSA) is 83.5 Å². The van der Waals surface area contributed by atoms with E-state index in [-0.39, 0.29) is 5.56 Å². The Bertz CT molecular complexity index is 678. The highest BCUT2D eigenvalue weighted by Crippen LogP contribution is 2.17. The van der Waals surface area contributed by atoms with Gasteiger partial charge in [0.05, 0.1) is 11.8 Å². The fourth-order valence-electron chi connectivity index (χ4n) is 2.07. The number of anilines is 1. The number of nitrogen functional groups attached to an aromatic ring is 1. The first-order valence-corrected chi connectivity index (χ1v) is 8.17. The molecule has 25 heavy (non-hydrogen) atoms. The van der Waals surface area contributed by atoms with Gasteiger partial charge in [-0.2, -0.15) is 0 Å². The van der Waals surface area contributed by atoms with Crippen molar-refractivity contribution >= 4 is 17.7 Å². The Labute approximate surface area is 149 Å². The normalized spacial score (nSPS) is 10.3. The Morgan fingerprint density at radius 1 is 1.12 bits per heavy atom. The summed E-state index contributed by atoms with van der Waals surface area (Å²) in [6, 6.07) is 14.9. The van der Waals surface area contributed by atoms with Gasteiger partial charge in [-0.3, -0.25) is 0 Å².